The molecule has 2 unspecified atom stereocenters. The molecule has 0 radical (unpaired) electrons. The summed E-state index contributed by atoms with van der Waals surface area (Å²) < 4.78 is 0. The number of carbonyl (C=O) groups excluding carboxylic acids is 1. The van der Waals surface area contributed by atoms with E-state index in [9.17, 15) is 4.79 Å². The molecule has 2 heteroatoms. The number of fused-ring (bicyclic) bond motifs is 1. The first-order valence-corrected chi connectivity index (χ1v) is 4.94. The third kappa shape index (κ3) is 1.13. The van der Waals surface area contributed by atoms with E-state index in [0.29, 0.717) is 0 Å². The predicted octanol–water partition coefficient (Wildman–Crippen LogP) is 1.56. The molecule has 2 saturated carbocycles. The van der Waals surface area contributed by atoms with Gasteiger partial charge in [0.15, 0.2) is 0 Å². The summed E-state index contributed by atoms with van der Waals surface area (Å²) in [6.45, 7) is 4.87. The van der Waals surface area contributed by atoms with Gasteiger partial charge in [-0.05, 0) is 38.0 Å². The van der Waals surface area contributed by atoms with Crippen molar-refractivity contribution in [3.05, 3.63) is 0 Å². The fourth-order valence-electron chi connectivity index (χ4n) is 2.61. The second-order valence-corrected chi connectivity index (χ2v) is 4.58. The predicted molar refractivity (Wildman–Crippen MR) is 47.6 cm³/mol. The molecule has 1 N–H and O–H groups in total. The highest BCUT2D eigenvalue weighted by Gasteiger charge is 2.54. The highest BCUT2D eigenvalue weighted by atomic mass is 16.2. The van der Waals surface area contributed by atoms with Gasteiger partial charge >= 0.3 is 0 Å². The molecule has 0 aromatic rings. The van der Waals surface area contributed by atoms with Crippen molar-refractivity contribution >= 4 is 5.91 Å². The molecule has 2 aliphatic rings. The Balaban J connectivity index is 1.97. The monoisotopic (exact) mass is 167 g/mol. The maximum absolute atomic E-state index is 11.6. The lowest BCUT2D eigenvalue weighted by Gasteiger charge is -2.23. The Morgan fingerprint density at radius 1 is 1.50 bits per heavy atom. The number of nitrogens with one attached hydrogen (secondary N) is 1. The zero-order valence-electron chi connectivity index (χ0n) is 7.89. The Labute approximate surface area is 73.7 Å². The van der Waals surface area contributed by atoms with Gasteiger partial charge < -0.3 is 5.32 Å². The molecule has 2 atom stereocenters. The summed E-state index contributed by atoms with van der Waals surface area (Å²) in [6.07, 6.45) is 3.64. The Morgan fingerprint density at radius 2 is 2.08 bits per heavy atom. The number of hydrogen-bond acceptors (Lipinski definition) is 1. The second kappa shape index (κ2) is 2.48. The topological polar surface area (TPSA) is 29.1 Å². The second-order valence-electron chi connectivity index (χ2n) is 4.58. The van der Waals surface area contributed by atoms with Crippen molar-refractivity contribution in [3.63, 3.8) is 0 Å². The Morgan fingerprint density at radius 3 is 2.58 bits per heavy atom. The van der Waals surface area contributed by atoms with Crippen LogP contribution in [0.15, 0.2) is 0 Å². The zero-order chi connectivity index (χ0) is 8.77. The van der Waals surface area contributed by atoms with Crippen LogP contribution in [0.3, 0.4) is 0 Å². The lowest BCUT2D eigenvalue weighted by Crippen LogP contribution is -2.37. The van der Waals surface area contributed by atoms with Gasteiger partial charge in [-0.25, -0.2) is 0 Å². The van der Waals surface area contributed by atoms with Crippen LogP contribution < -0.4 is 5.32 Å². The van der Waals surface area contributed by atoms with Crippen LogP contribution in [0.25, 0.3) is 0 Å². The number of amides is 1. The zero-order valence-corrected chi connectivity index (χ0v) is 7.89. The quantitative estimate of drug-likeness (QED) is 0.664. The Kier molecular flexibility index (Phi) is 1.67. The van der Waals surface area contributed by atoms with Gasteiger partial charge in [-0.1, -0.05) is 6.92 Å². The first-order chi connectivity index (χ1) is 5.65. The molecule has 2 rings (SSSR count). The van der Waals surface area contributed by atoms with Crippen LogP contribution in [-0.4, -0.2) is 12.5 Å². The highest BCUT2D eigenvalue weighted by Crippen LogP contribution is 2.59. The average molecular weight is 167 g/mol. The molecule has 0 bridgehead atoms. The summed E-state index contributed by atoms with van der Waals surface area (Å²) in [7, 11) is 0. The minimum Gasteiger partial charge on any atom is -0.356 e. The third-order valence-electron chi connectivity index (χ3n) is 3.38. The fraction of sp³-hybridized carbons (Fsp3) is 0.900. The summed E-state index contributed by atoms with van der Waals surface area (Å²) in [5.74, 6) is 2.05. The molecule has 2 fully saturated rings. The van der Waals surface area contributed by atoms with Crippen LogP contribution in [0.4, 0.5) is 0 Å². The number of rotatable bonds is 2. The van der Waals surface area contributed by atoms with Crippen molar-refractivity contribution in [2.45, 2.75) is 33.1 Å². The van der Waals surface area contributed by atoms with Crippen LogP contribution in [-0.2, 0) is 4.79 Å². The summed E-state index contributed by atoms with van der Waals surface area (Å²) >= 11 is 0. The molecule has 0 aliphatic heterocycles. The smallest absolute Gasteiger partial charge is 0.225 e. The van der Waals surface area contributed by atoms with Crippen LogP contribution in [0.2, 0.25) is 0 Å². The van der Waals surface area contributed by atoms with Crippen LogP contribution >= 0.6 is 0 Å². The van der Waals surface area contributed by atoms with Crippen LogP contribution in [0.5, 0.6) is 0 Å². The molecule has 68 valence electrons. The maximum atomic E-state index is 11.6. The summed E-state index contributed by atoms with van der Waals surface area (Å²) in [4.78, 5) is 11.6. The molecule has 12 heavy (non-hydrogen) atoms. The van der Waals surface area contributed by atoms with Crippen molar-refractivity contribution < 1.29 is 4.79 Å². The normalized spacial score (nSPS) is 43.8. The van der Waals surface area contributed by atoms with Gasteiger partial charge in [0.2, 0.25) is 5.91 Å². The van der Waals surface area contributed by atoms with Crippen molar-refractivity contribution in [3.8, 4) is 0 Å². The Bertz CT molecular complexity index is 202. The number of carbonyl (C=O) groups is 1. The van der Waals surface area contributed by atoms with Gasteiger partial charge in [-0.15, -0.1) is 0 Å². The van der Waals surface area contributed by atoms with Crippen LogP contribution in [0, 0.1) is 17.3 Å². The molecule has 0 heterocycles. The molecule has 2 aliphatic carbocycles. The highest BCUT2D eigenvalue weighted by molar-refractivity contribution is 5.82. The van der Waals surface area contributed by atoms with E-state index in [-0.39, 0.29) is 11.3 Å². The average Bonchev–Trinajstić information content (AvgIpc) is 2.61. The van der Waals surface area contributed by atoms with Crippen LogP contribution in [0.1, 0.15) is 33.1 Å². The molecule has 2 nitrogen and oxygen atoms in total. The van der Waals surface area contributed by atoms with E-state index in [2.05, 4.69) is 12.2 Å². The van der Waals surface area contributed by atoms with Crippen molar-refractivity contribution in [2.24, 2.45) is 17.3 Å². The van der Waals surface area contributed by atoms with E-state index in [0.717, 1.165) is 31.2 Å². The third-order valence-corrected chi connectivity index (χ3v) is 3.38. The molecular weight excluding hydrogens is 150 g/mol. The summed E-state index contributed by atoms with van der Waals surface area (Å²) in [5.41, 5.74) is -0.0242. The van der Waals surface area contributed by atoms with E-state index >= 15 is 0 Å². The van der Waals surface area contributed by atoms with Crippen molar-refractivity contribution in [2.75, 3.05) is 6.54 Å². The molecule has 0 aromatic heterocycles. The van der Waals surface area contributed by atoms with Gasteiger partial charge in [-0.2, -0.15) is 0 Å². The summed E-state index contributed by atoms with van der Waals surface area (Å²) in [6, 6.07) is 0. The van der Waals surface area contributed by atoms with E-state index in [1.807, 2.05) is 6.92 Å². The van der Waals surface area contributed by atoms with E-state index in [1.54, 1.807) is 0 Å². The minimum atomic E-state index is -0.0242. The molecule has 0 saturated heterocycles. The first kappa shape index (κ1) is 8.09. The molecule has 0 aromatic carbocycles. The summed E-state index contributed by atoms with van der Waals surface area (Å²) in [5, 5.41) is 2.93. The van der Waals surface area contributed by atoms with Gasteiger partial charge in [0.1, 0.15) is 0 Å². The van der Waals surface area contributed by atoms with E-state index < -0.39 is 0 Å². The van der Waals surface area contributed by atoms with E-state index in [1.165, 1.54) is 6.42 Å². The van der Waals surface area contributed by atoms with Crippen molar-refractivity contribution in [1.29, 1.82) is 0 Å². The van der Waals surface area contributed by atoms with Gasteiger partial charge in [-0.3, -0.25) is 4.79 Å². The SMILES string of the molecule is CCNC(=O)C1(C)CC2CC2C1. The minimum absolute atomic E-state index is 0.0242. The van der Waals surface area contributed by atoms with Gasteiger partial charge in [0, 0.05) is 12.0 Å². The molecular formula is C10H17NO. The van der Waals surface area contributed by atoms with E-state index in [4.69, 9.17) is 0 Å². The Hall–Kier alpha value is -0.530. The molecule has 1 amide bonds. The standard InChI is InChI=1S/C10H17NO/c1-3-11-9(12)10(2)5-7-4-8(7)6-10/h7-8H,3-6H2,1-2H3,(H,11,12). The lowest BCUT2D eigenvalue weighted by atomic mass is 9.84. The maximum Gasteiger partial charge on any atom is 0.225 e. The molecule has 0 spiro atoms. The largest absolute Gasteiger partial charge is 0.356 e. The lowest BCUT2D eigenvalue weighted by molar-refractivity contribution is -0.130. The fourth-order valence-corrected chi connectivity index (χ4v) is 2.61. The van der Waals surface area contributed by atoms with Gasteiger partial charge in [0.25, 0.3) is 0 Å². The first-order valence-electron chi connectivity index (χ1n) is 4.94. The van der Waals surface area contributed by atoms with Crippen molar-refractivity contribution in [1.82, 2.24) is 5.32 Å². The number of hydrogen-bond donors (Lipinski definition) is 1. The van der Waals surface area contributed by atoms with Gasteiger partial charge in [0.05, 0.1) is 0 Å².